The molecule has 0 saturated carbocycles. The molecular formula is C32H26N4O2. The van der Waals surface area contributed by atoms with Crippen LogP contribution in [0, 0.1) is 6.92 Å². The van der Waals surface area contributed by atoms with Gasteiger partial charge in [-0.3, -0.25) is 9.59 Å². The van der Waals surface area contributed by atoms with Crippen molar-refractivity contribution in [1.82, 2.24) is 15.3 Å². The van der Waals surface area contributed by atoms with Gasteiger partial charge < -0.3 is 16.0 Å². The smallest absolute Gasteiger partial charge is 0.252 e. The van der Waals surface area contributed by atoms with Crippen molar-refractivity contribution in [2.75, 3.05) is 0 Å². The number of nitrogens with one attached hydrogen (secondary N) is 2. The number of nitrogens with two attached hydrogens (primary N) is 1. The minimum Gasteiger partial charge on any atom is -0.368 e. The molecule has 6 rings (SSSR count). The number of hydrogen-bond acceptors (Lipinski definition) is 3. The minimum absolute atomic E-state index is 0.295. The predicted molar refractivity (Wildman–Crippen MR) is 152 cm³/mol. The predicted octanol–water partition coefficient (Wildman–Crippen LogP) is 5.67. The van der Waals surface area contributed by atoms with Gasteiger partial charge in [0.05, 0.1) is 16.8 Å². The first-order chi connectivity index (χ1) is 18.5. The van der Waals surface area contributed by atoms with E-state index in [0.717, 1.165) is 38.4 Å². The Bertz CT molecular complexity index is 1850. The van der Waals surface area contributed by atoms with Gasteiger partial charge in [0, 0.05) is 34.5 Å². The number of carbonyl (C=O) groups excluding carboxylic acids is 2. The van der Waals surface area contributed by atoms with Gasteiger partial charge in [0.15, 0.2) is 0 Å². The number of hydrogen-bond donors (Lipinski definition) is 3. The Morgan fingerprint density at radius 2 is 1.68 bits per heavy atom. The second-order valence-electron chi connectivity index (χ2n) is 9.64. The van der Waals surface area contributed by atoms with E-state index in [1.807, 2.05) is 85.9 Å². The highest BCUT2D eigenvalue weighted by Crippen LogP contribution is 2.31. The van der Waals surface area contributed by atoms with E-state index < -0.39 is 11.9 Å². The molecule has 0 saturated heterocycles. The molecular weight excluding hydrogens is 472 g/mol. The van der Waals surface area contributed by atoms with Gasteiger partial charge in [-0.25, -0.2) is 4.98 Å². The van der Waals surface area contributed by atoms with Crippen LogP contribution in [0.2, 0.25) is 0 Å². The number of carbonyl (C=O) groups is 2. The lowest BCUT2D eigenvalue weighted by Crippen LogP contribution is -2.45. The second-order valence-corrected chi connectivity index (χ2v) is 9.64. The van der Waals surface area contributed by atoms with Crippen LogP contribution >= 0.6 is 0 Å². The summed E-state index contributed by atoms with van der Waals surface area (Å²) in [5, 5.41) is 6.81. The van der Waals surface area contributed by atoms with Gasteiger partial charge in [-0.2, -0.15) is 0 Å². The highest BCUT2D eigenvalue weighted by atomic mass is 16.2. The summed E-state index contributed by atoms with van der Waals surface area (Å²) in [6.07, 6.45) is 2.21. The molecule has 2 amide bonds. The number of rotatable bonds is 6. The largest absolute Gasteiger partial charge is 0.368 e. The lowest BCUT2D eigenvalue weighted by Gasteiger charge is -2.17. The van der Waals surface area contributed by atoms with E-state index in [4.69, 9.17) is 10.7 Å². The quantitative estimate of drug-likeness (QED) is 0.276. The van der Waals surface area contributed by atoms with Crippen molar-refractivity contribution in [2.24, 2.45) is 5.73 Å². The summed E-state index contributed by atoms with van der Waals surface area (Å²) in [6.45, 7) is 2.04. The summed E-state index contributed by atoms with van der Waals surface area (Å²) >= 11 is 0. The molecule has 6 heteroatoms. The monoisotopic (exact) mass is 498 g/mol. The summed E-state index contributed by atoms with van der Waals surface area (Å²) in [4.78, 5) is 34.2. The lowest BCUT2D eigenvalue weighted by atomic mass is 10.00. The first-order valence-electron chi connectivity index (χ1n) is 12.5. The number of primary amides is 1. The van der Waals surface area contributed by atoms with Gasteiger partial charge in [-0.1, -0.05) is 72.3 Å². The molecule has 186 valence electrons. The summed E-state index contributed by atoms with van der Waals surface area (Å²) < 4.78 is 0. The molecule has 0 aliphatic rings. The van der Waals surface area contributed by atoms with Gasteiger partial charge in [0.25, 0.3) is 5.91 Å². The maximum absolute atomic E-state index is 13.7. The average molecular weight is 499 g/mol. The number of para-hydroxylation sites is 1. The molecule has 0 bridgehead atoms. The Hall–Kier alpha value is -4.97. The zero-order chi connectivity index (χ0) is 26.2. The van der Waals surface area contributed by atoms with Crippen LogP contribution in [0.1, 0.15) is 21.5 Å². The fraction of sp³-hybridized carbons (Fsp3) is 0.0938. The maximum Gasteiger partial charge on any atom is 0.252 e. The van der Waals surface area contributed by atoms with Gasteiger partial charge >= 0.3 is 0 Å². The molecule has 6 aromatic rings. The molecule has 1 unspecified atom stereocenters. The van der Waals surface area contributed by atoms with Crippen molar-refractivity contribution in [1.29, 1.82) is 0 Å². The van der Waals surface area contributed by atoms with E-state index in [1.54, 1.807) is 6.07 Å². The second kappa shape index (κ2) is 9.48. The van der Waals surface area contributed by atoms with Crippen LogP contribution < -0.4 is 11.1 Å². The molecule has 0 spiro atoms. The van der Waals surface area contributed by atoms with Gasteiger partial charge in [0.1, 0.15) is 6.04 Å². The number of pyridine rings is 1. The van der Waals surface area contributed by atoms with Crippen LogP contribution in [0.3, 0.4) is 0 Å². The van der Waals surface area contributed by atoms with Crippen LogP contribution in [-0.2, 0) is 11.2 Å². The standard InChI is InChI=1S/C32H26N4O2/c1-19-10-13-27-24(14-19)26(18-34-27)29-17-25(23-8-4-5-9-28(23)35-29)32(38)36-30(31(33)37)16-20-11-12-21-6-2-3-7-22(21)15-20/h2-15,17-18,30,34H,16H2,1H3,(H2,33,37)(H,36,38). The normalized spacial score (nSPS) is 12.1. The van der Waals surface area contributed by atoms with E-state index in [9.17, 15) is 9.59 Å². The third-order valence-corrected chi connectivity index (χ3v) is 6.98. The summed E-state index contributed by atoms with van der Waals surface area (Å²) in [5.41, 5.74) is 11.5. The molecule has 38 heavy (non-hydrogen) atoms. The molecule has 0 aliphatic carbocycles. The van der Waals surface area contributed by atoms with Crippen molar-refractivity contribution in [3.8, 4) is 11.3 Å². The van der Waals surface area contributed by atoms with Crippen molar-refractivity contribution < 1.29 is 9.59 Å². The third kappa shape index (κ3) is 4.37. The Kier molecular flexibility index (Phi) is 5.85. The molecule has 6 nitrogen and oxygen atoms in total. The van der Waals surface area contributed by atoms with E-state index in [-0.39, 0.29) is 5.91 Å². The third-order valence-electron chi connectivity index (χ3n) is 6.98. The zero-order valence-corrected chi connectivity index (χ0v) is 20.9. The average Bonchev–Trinajstić information content (AvgIpc) is 3.35. The Balaban J connectivity index is 1.37. The molecule has 4 N–H and O–H groups in total. The van der Waals surface area contributed by atoms with Crippen LogP contribution in [0.25, 0.3) is 43.8 Å². The van der Waals surface area contributed by atoms with Crippen molar-refractivity contribution in [3.63, 3.8) is 0 Å². The summed E-state index contributed by atoms with van der Waals surface area (Å²) in [7, 11) is 0. The van der Waals surface area contributed by atoms with Gasteiger partial charge in [-0.15, -0.1) is 0 Å². The fourth-order valence-electron chi connectivity index (χ4n) is 5.01. The number of H-pyrrole nitrogens is 1. The first-order valence-corrected chi connectivity index (χ1v) is 12.5. The first kappa shape index (κ1) is 23.4. The van der Waals surface area contributed by atoms with E-state index in [0.29, 0.717) is 28.6 Å². The molecule has 2 heterocycles. The van der Waals surface area contributed by atoms with Crippen LogP contribution in [0.4, 0.5) is 0 Å². The molecule has 2 aromatic heterocycles. The minimum atomic E-state index is -0.866. The maximum atomic E-state index is 13.7. The SMILES string of the molecule is Cc1ccc2[nH]cc(-c3cc(C(=O)NC(Cc4ccc5ccccc5c4)C(N)=O)c4ccccc4n3)c2c1. The summed E-state index contributed by atoms with van der Waals surface area (Å²) in [6, 6.07) is 28.6. The highest BCUT2D eigenvalue weighted by Gasteiger charge is 2.22. The number of nitrogens with zero attached hydrogens (tertiary/aromatic N) is 1. The summed E-state index contributed by atoms with van der Waals surface area (Å²) in [5.74, 6) is -0.956. The zero-order valence-electron chi connectivity index (χ0n) is 20.9. The van der Waals surface area contributed by atoms with E-state index in [2.05, 4.69) is 22.4 Å². The number of aryl methyl sites for hydroxylation is 1. The Morgan fingerprint density at radius 3 is 2.53 bits per heavy atom. The number of benzene rings is 4. The molecule has 0 radical (unpaired) electrons. The fourth-order valence-corrected chi connectivity index (χ4v) is 5.01. The van der Waals surface area contributed by atoms with Crippen LogP contribution in [0.15, 0.2) is 97.2 Å². The van der Waals surface area contributed by atoms with Gasteiger partial charge in [-0.05, 0) is 47.5 Å². The number of amides is 2. The number of aromatic amines is 1. The molecule has 4 aromatic carbocycles. The molecule has 0 aliphatic heterocycles. The Labute approximate surface area is 219 Å². The Morgan fingerprint density at radius 1 is 0.895 bits per heavy atom. The van der Waals surface area contributed by atoms with Crippen molar-refractivity contribution >= 4 is 44.4 Å². The topological polar surface area (TPSA) is 101 Å². The van der Waals surface area contributed by atoms with E-state index in [1.165, 1.54) is 0 Å². The van der Waals surface area contributed by atoms with Crippen LogP contribution in [-0.4, -0.2) is 27.8 Å². The van der Waals surface area contributed by atoms with Crippen molar-refractivity contribution in [3.05, 3.63) is 114 Å². The van der Waals surface area contributed by atoms with Crippen molar-refractivity contribution in [2.45, 2.75) is 19.4 Å². The number of aromatic nitrogens is 2. The highest BCUT2D eigenvalue weighted by molar-refractivity contribution is 6.09. The number of fused-ring (bicyclic) bond motifs is 3. The molecule has 1 atom stereocenters. The molecule has 0 fully saturated rings. The van der Waals surface area contributed by atoms with E-state index >= 15 is 0 Å². The van der Waals surface area contributed by atoms with Gasteiger partial charge in [0.2, 0.25) is 5.91 Å². The lowest BCUT2D eigenvalue weighted by molar-refractivity contribution is -0.119. The van der Waals surface area contributed by atoms with Crippen LogP contribution in [0.5, 0.6) is 0 Å².